The van der Waals surface area contributed by atoms with Gasteiger partial charge in [0.05, 0.1) is 16.9 Å². The quantitative estimate of drug-likeness (QED) is 0.855. The third-order valence-corrected chi connectivity index (χ3v) is 6.69. The van der Waals surface area contributed by atoms with Crippen LogP contribution in [0.1, 0.15) is 45.4 Å². The van der Waals surface area contributed by atoms with Gasteiger partial charge >= 0.3 is 5.97 Å². The highest BCUT2D eigenvalue weighted by molar-refractivity contribution is 7.91. The summed E-state index contributed by atoms with van der Waals surface area (Å²) in [5, 5.41) is 9.54. The minimum absolute atomic E-state index is 0.0472. The van der Waals surface area contributed by atoms with Crippen molar-refractivity contribution in [3.8, 4) is 0 Å². The predicted octanol–water partition coefficient (Wildman–Crippen LogP) is 2.09. The third kappa shape index (κ3) is 2.42. The molecule has 0 spiro atoms. The molecule has 1 heterocycles. The number of sulfone groups is 1. The summed E-state index contributed by atoms with van der Waals surface area (Å²) in [6, 6.07) is 0. The van der Waals surface area contributed by atoms with Crippen LogP contribution in [0.25, 0.3) is 0 Å². The van der Waals surface area contributed by atoms with E-state index in [2.05, 4.69) is 6.92 Å². The van der Waals surface area contributed by atoms with Gasteiger partial charge in [-0.15, -0.1) is 0 Å². The largest absolute Gasteiger partial charge is 0.481 e. The molecule has 0 amide bonds. The van der Waals surface area contributed by atoms with Crippen molar-refractivity contribution in [1.29, 1.82) is 0 Å². The summed E-state index contributed by atoms with van der Waals surface area (Å²) in [4.78, 5) is 11.6. The Morgan fingerprint density at radius 2 is 2.11 bits per heavy atom. The Hall–Kier alpha value is -0.580. The average Bonchev–Trinajstić information content (AvgIpc) is 2.67. The molecular weight excluding hydrogens is 252 g/mol. The van der Waals surface area contributed by atoms with Crippen LogP contribution >= 0.6 is 0 Å². The lowest BCUT2D eigenvalue weighted by Gasteiger charge is -2.38. The van der Waals surface area contributed by atoms with Gasteiger partial charge in [-0.25, -0.2) is 8.42 Å². The molecule has 5 heteroatoms. The standard InChI is InChI=1S/C13H22O4S/c1-2-10-4-3-5-11(8-10)13(12(14)15)6-7-18(16,17)9-13/h10-11H,2-9H2,1H3,(H,14,15). The highest BCUT2D eigenvalue weighted by Crippen LogP contribution is 2.48. The fourth-order valence-corrected chi connectivity index (χ4v) is 5.81. The monoisotopic (exact) mass is 274 g/mol. The van der Waals surface area contributed by atoms with Crippen molar-refractivity contribution in [2.24, 2.45) is 17.3 Å². The zero-order valence-corrected chi connectivity index (χ0v) is 11.7. The molecule has 0 aromatic carbocycles. The van der Waals surface area contributed by atoms with Gasteiger partial charge in [0.1, 0.15) is 0 Å². The van der Waals surface area contributed by atoms with E-state index in [4.69, 9.17) is 0 Å². The van der Waals surface area contributed by atoms with Gasteiger partial charge in [-0.3, -0.25) is 4.79 Å². The van der Waals surface area contributed by atoms with Gasteiger partial charge in [-0.2, -0.15) is 0 Å². The maximum atomic E-state index is 11.7. The maximum Gasteiger partial charge on any atom is 0.310 e. The van der Waals surface area contributed by atoms with Gasteiger partial charge in [0.2, 0.25) is 0 Å². The van der Waals surface area contributed by atoms with E-state index in [-0.39, 0.29) is 17.4 Å². The molecule has 2 fully saturated rings. The Labute approximate surface area is 109 Å². The molecule has 2 aliphatic rings. The van der Waals surface area contributed by atoms with Gasteiger partial charge in [0.25, 0.3) is 0 Å². The first-order valence-corrected chi connectivity index (χ1v) is 8.65. The number of carbonyl (C=O) groups is 1. The average molecular weight is 274 g/mol. The lowest BCUT2D eigenvalue weighted by atomic mass is 9.65. The molecule has 0 aromatic heterocycles. The highest BCUT2D eigenvalue weighted by Gasteiger charge is 2.53. The summed E-state index contributed by atoms with van der Waals surface area (Å²) < 4.78 is 23.4. The van der Waals surface area contributed by atoms with Crippen molar-refractivity contribution in [2.75, 3.05) is 11.5 Å². The van der Waals surface area contributed by atoms with Crippen molar-refractivity contribution in [3.05, 3.63) is 0 Å². The molecule has 104 valence electrons. The molecule has 4 nitrogen and oxygen atoms in total. The highest BCUT2D eigenvalue weighted by atomic mass is 32.2. The summed E-state index contributed by atoms with van der Waals surface area (Å²) in [6.45, 7) is 2.13. The van der Waals surface area contributed by atoms with E-state index < -0.39 is 21.2 Å². The number of carboxylic acid groups (broad SMARTS) is 1. The van der Waals surface area contributed by atoms with E-state index in [1.807, 2.05) is 0 Å². The first-order valence-electron chi connectivity index (χ1n) is 6.83. The van der Waals surface area contributed by atoms with Crippen molar-refractivity contribution in [2.45, 2.75) is 45.4 Å². The second-order valence-corrected chi connectivity index (χ2v) is 8.13. The summed E-state index contributed by atoms with van der Waals surface area (Å²) in [7, 11) is -3.15. The third-order valence-electron chi connectivity index (χ3n) is 4.90. The van der Waals surface area contributed by atoms with Crippen LogP contribution in [0.5, 0.6) is 0 Å². The zero-order chi connectivity index (χ0) is 13.4. The molecule has 3 unspecified atom stereocenters. The fourth-order valence-electron chi connectivity index (χ4n) is 3.70. The predicted molar refractivity (Wildman–Crippen MR) is 69.1 cm³/mol. The van der Waals surface area contributed by atoms with Gasteiger partial charge in [0.15, 0.2) is 9.84 Å². The molecule has 2 rings (SSSR count). The smallest absolute Gasteiger partial charge is 0.310 e. The molecule has 1 saturated heterocycles. The van der Waals surface area contributed by atoms with Crippen molar-refractivity contribution < 1.29 is 18.3 Å². The summed E-state index contributed by atoms with van der Waals surface area (Å²) in [5.74, 6) is -0.372. The minimum atomic E-state index is -3.15. The van der Waals surface area contributed by atoms with Crippen LogP contribution in [0.4, 0.5) is 0 Å². The Balaban J connectivity index is 2.23. The van der Waals surface area contributed by atoms with Gasteiger partial charge in [-0.05, 0) is 31.1 Å². The Morgan fingerprint density at radius 3 is 2.61 bits per heavy atom. The molecule has 1 N–H and O–H groups in total. The zero-order valence-electron chi connectivity index (χ0n) is 10.9. The number of aliphatic carboxylic acids is 1. The van der Waals surface area contributed by atoms with E-state index in [0.29, 0.717) is 12.3 Å². The van der Waals surface area contributed by atoms with E-state index in [0.717, 1.165) is 32.1 Å². The summed E-state index contributed by atoms with van der Waals surface area (Å²) >= 11 is 0. The summed E-state index contributed by atoms with van der Waals surface area (Å²) in [5.41, 5.74) is -0.993. The maximum absolute atomic E-state index is 11.7. The number of rotatable bonds is 3. The lowest BCUT2D eigenvalue weighted by Crippen LogP contribution is -2.42. The van der Waals surface area contributed by atoms with Crippen LogP contribution in [-0.2, 0) is 14.6 Å². The SMILES string of the molecule is CCC1CCCC(C2(C(=O)O)CCS(=O)(=O)C2)C1. The van der Waals surface area contributed by atoms with Crippen LogP contribution in [0.3, 0.4) is 0 Å². The van der Waals surface area contributed by atoms with Crippen LogP contribution in [-0.4, -0.2) is 31.0 Å². The first-order chi connectivity index (χ1) is 8.39. The first kappa shape index (κ1) is 13.8. The molecule has 1 aliphatic heterocycles. The Bertz CT molecular complexity index is 428. The molecular formula is C13H22O4S. The minimum Gasteiger partial charge on any atom is -0.481 e. The molecule has 3 atom stereocenters. The molecule has 18 heavy (non-hydrogen) atoms. The second-order valence-electron chi connectivity index (χ2n) is 5.94. The van der Waals surface area contributed by atoms with E-state index >= 15 is 0 Å². The van der Waals surface area contributed by atoms with Crippen molar-refractivity contribution in [1.82, 2.24) is 0 Å². The Morgan fingerprint density at radius 1 is 1.39 bits per heavy atom. The lowest BCUT2D eigenvalue weighted by molar-refractivity contribution is -0.152. The van der Waals surface area contributed by atoms with Crippen LogP contribution in [0, 0.1) is 17.3 Å². The molecule has 0 aromatic rings. The number of hydrogen-bond acceptors (Lipinski definition) is 3. The van der Waals surface area contributed by atoms with Gasteiger partial charge < -0.3 is 5.11 Å². The van der Waals surface area contributed by atoms with Crippen molar-refractivity contribution >= 4 is 15.8 Å². The van der Waals surface area contributed by atoms with Crippen LogP contribution < -0.4 is 0 Å². The number of carboxylic acids is 1. The molecule has 0 bridgehead atoms. The Kier molecular flexibility index (Phi) is 3.72. The van der Waals surface area contributed by atoms with Gasteiger partial charge in [-0.1, -0.05) is 26.2 Å². The molecule has 0 radical (unpaired) electrons. The summed E-state index contributed by atoms with van der Waals surface area (Å²) in [6.07, 6.45) is 5.34. The van der Waals surface area contributed by atoms with Gasteiger partial charge in [0, 0.05) is 0 Å². The molecule has 1 aliphatic carbocycles. The van der Waals surface area contributed by atoms with Crippen LogP contribution in [0.15, 0.2) is 0 Å². The van der Waals surface area contributed by atoms with Crippen molar-refractivity contribution in [3.63, 3.8) is 0 Å². The molecule has 1 saturated carbocycles. The van der Waals surface area contributed by atoms with E-state index in [1.165, 1.54) is 0 Å². The second kappa shape index (κ2) is 4.83. The van der Waals surface area contributed by atoms with E-state index in [9.17, 15) is 18.3 Å². The van der Waals surface area contributed by atoms with Crippen LogP contribution in [0.2, 0.25) is 0 Å². The fraction of sp³-hybridized carbons (Fsp3) is 0.923. The van der Waals surface area contributed by atoms with E-state index in [1.54, 1.807) is 0 Å². The normalized spacial score (nSPS) is 39.6. The topological polar surface area (TPSA) is 71.4 Å². The number of hydrogen-bond donors (Lipinski definition) is 1.